The Kier molecular flexibility index (Phi) is 3.13. The van der Waals surface area contributed by atoms with Crippen LogP contribution in [0.25, 0.3) is 0 Å². The van der Waals surface area contributed by atoms with Gasteiger partial charge in [-0.05, 0) is 28.9 Å². The first kappa shape index (κ1) is 11.4. The lowest BCUT2D eigenvalue weighted by Gasteiger charge is -2.08. The molecule has 78 valence electrons. The van der Waals surface area contributed by atoms with Gasteiger partial charge in [0.05, 0.1) is 5.69 Å². The lowest BCUT2D eigenvalue weighted by atomic mass is 10.4. The highest BCUT2D eigenvalue weighted by molar-refractivity contribution is 9.10. The highest BCUT2D eigenvalue weighted by Crippen LogP contribution is 2.24. The van der Waals surface area contributed by atoms with Gasteiger partial charge in [-0.2, -0.15) is 0 Å². The van der Waals surface area contributed by atoms with Gasteiger partial charge < -0.3 is 5.32 Å². The number of nitrogens with two attached hydrogens (primary N) is 1. The molecule has 5 nitrogen and oxygen atoms in total. The second-order valence-electron chi connectivity index (χ2n) is 2.70. The third-order valence-electron chi connectivity index (χ3n) is 1.66. The van der Waals surface area contributed by atoms with Crippen LogP contribution in [-0.4, -0.2) is 20.4 Å². The molecule has 1 aromatic rings. The summed E-state index contributed by atoms with van der Waals surface area (Å²) in [5, 5.41) is 7.70. The number of nitrogens with one attached hydrogen (secondary N) is 1. The largest absolute Gasteiger partial charge is 0.372 e. The maximum atomic E-state index is 11.2. The van der Waals surface area contributed by atoms with E-state index in [4.69, 9.17) is 5.14 Å². The molecule has 1 rings (SSSR count). The SMILES string of the molecule is CNc1nc(C)c(Br)cc1S(N)(=O)=O. The van der Waals surface area contributed by atoms with Crippen LogP contribution in [0.2, 0.25) is 0 Å². The molecule has 3 N–H and O–H groups in total. The van der Waals surface area contributed by atoms with Crippen molar-refractivity contribution in [1.82, 2.24) is 4.98 Å². The van der Waals surface area contributed by atoms with E-state index in [9.17, 15) is 8.42 Å². The van der Waals surface area contributed by atoms with Crippen LogP contribution in [0.15, 0.2) is 15.4 Å². The average molecular weight is 280 g/mol. The van der Waals surface area contributed by atoms with E-state index in [1.807, 2.05) is 0 Å². The summed E-state index contributed by atoms with van der Waals surface area (Å²) in [6, 6.07) is 1.43. The first-order valence-electron chi connectivity index (χ1n) is 3.74. The van der Waals surface area contributed by atoms with Gasteiger partial charge in [-0.3, -0.25) is 0 Å². The van der Waals surface area contributed by atoms with Crippen molar-refractivity contribution in [3.63, 3.8) is 0 Å². The molecule has 0 bridgehead atoms. The summed E-state index contributed by atoms with van der Waals surface area (Å²) >= 11 is 3.19. The van der Waals surface area contributed by atoms with Gasteiger partial charge in [0.1, 0.15) is 10.7 Å². The van der Waals surface area contributed by atoms with Crippen molar-refractivity contribution in [2.24, 2.45) is 5.14 Å². The van der Waals surface area contributed by atoms with Gasteiger partial charge in [-0.25, -0.2) is 18.5 Å². The molecular weight excluding hydrogens is 270 g/mol. The van der Waals surface area contributed by atoms with Gasteiger partial charge in [0, 0.05) is 11.5 Å². The summed E-state index contributed by atoms with van der Waals surface area (Å²) in [7, 11) is -2.15. The highest BCUT2D eigenvalue weighted by atomic mass is 79.9. The maximum absolute atomic E-state index is 11.2. The molecule has 0 aliphatic heterocycles. The van der Waals surface area contributed by atoms with Crippen LogP contribution < -0.4 is 10.5 Å². The van der Waals surface area contributed by atoms with Gasteiger partial charge in [-0.1, -0.05) is 0 Å². The fourth-order valence-electron chi connectivity index (χ4n) is 0.960. The number of primary sulfonamides is 1. The number of halogens is 1. The molecule has 0 atom stereocenters. The Bertz CT molecular complexity index is 458. The lowest BCUT2D eigenvalue weighted by molar-refractivity contribution is 0.597. The van der Waals surface area contributed by atoms with E-state index in [-0.39, 0.29) is 10.7 Å². The number of rotatable bonds is 2. The molecule has 0 aliphatic rings. The fourth-order valence-corrected chi connectivity index (χ4v) is 2.13. The third-order valence-corrected chi connectivity index (χ3v) is 3.39. The monoisotopic (exact) mass is 279 g/mol. The molecular formula is C7H10BrN3O2S. The van der Waals surface area contributed by atoms with Gasteiger partial charge in [0.25, 0.3) is 0 Å². The summed E-state index contributed by atoms with van der Waals surface area (Å²) in [5.74, 6) is 0.258. The fraction of sp³-hybridized carbons (Fsp3) is 0.286. The van der Waals surface area contributed by atoms with E-state index in [1.165, 1.54) is 6.07 Å². The smallest absolute Gasteiger partial charge is 0.241 e. The lowest BCUT2D eigenvalue weighted by Crippen LogP contribution is -2.15. The zero-order valence-electron chi connectivity index (χ0n) is 7.70. The minimum absolute atomic E-state index is 0.0162. The number of aromatic nitrogens is 1. The predicted octanol–water partition coefficient (Wildman–Crippen LogP) is 0.842. The minimum atomic E-state index is -3.74. The van der Waals surface area contributed by atoms with Crippen molar-refractivity contribution in [3.8, 4) is 0 Å². The maximum Gasteiger partial charge on any atom is 0.241 e. The molecule has 0 saturated heterocycles. The van der Waals surface area contributed by atoms with Gasteiger partial charge in [0.15, 0.2) is 0 Å². The number of nitrogens with zero attached hydrogens (tertiary/aromatic N) is 1. The average Bonchev–Trinajstić information content (AvgIpc) is 2.07. The Morgan fingerprint density at radius 1 is 1.57 bits per heavy atom. The molecule has 1 aromatic heterocycles. The van der Waals surface area contributed by atoms with Crippen LogP contribution in [-0.2, 0) is 10.0 Å². The zero-order valence-corrected chi connectivity index (χ0v) is 10.1. The van der Waals surface area contributed by atoms with Crippen molar-refractivity contribution >= 4 is 31.8 Å². The number of anilines is 1. The van der Waals surface area contributed by atoms with Gasteiger partial charge in [0.2, 0.25) is 10.0 Å². The molecule has 7 heteroatoms. The normalized spacial score (nSPS) is 11.4. The first-order valence-corrected chi connectivity index (χ1v) is 6.08. The minimum Gasteiger partial charge on any atom is -0.372 e. The number of hydrogen-bond donors (Lipinski definition) is 2. The van der Waals surface area contributed by atoms with E-state index in [2.05, 4.69) is 26.2 Å². The molecule has 0 aromatic carbocycles. The van der Waals surface area contributed by atoms with Gasteiger partial charge >= 0.3 is 0 Å². The topological polar surface area (TPSA) is 85.1 Å². The Morgan fingerprint density at radius 3 is 2.57 bits per heavy atom. The second kappa shape index (κ2) is 3.84. The van der Waals surface area contributed by atoms with Crippen LogP contribution in [0.4, 0.5) is 5.82 Å². The van der Waals surface area contributed by atoms with Crippen molar-refractivity contribution in [3.05, 3.63) is 16.2 Å². The molecule has 0 spiro atoms. The number of sulfonamides is 1. The summed E-state index contributed by atoms with van der Waals surface area (Å²) in [4.78, 5) is 4.02. The molecule has 0 amide bonds. The Morgan fingerprint density at radius 2 is 2.14 bits per heavy atom. The van der Waals surface area contributed by atoms with E-state index >= 15 is 0 Å². The molecule has 0 radical (unpaired) electrons. The summed E-state index contributed by atoms with van der Waals surface area (Å²) in [5.41, 5.74) is 0.696. The van der Waals surface area contributed by atoms with Crippen molar-refractivity contribution in [2.45, 2.75) is 11.8 Å². The van der Waals surface area contributed by atoms with Gasteiger partial charge in [-0.15, -0.1) is 0 Å². The van der Waals surface area contributed by atoms with Crippen LogP contribution in [0, 0.1) is 6.92 Å². The zero-order chi connectivity index (χ0) is 10.9. The molecule has 0 aliphatic carbocycles. The van der Waals surface area contributed by atoms with E-state index in [1.54, 1.807) is 14.0 Å². The van der Waals surface area contributed by atoms with Crippen LogP contribution >= 0.6 is 15.9 Å². The molecule has 0 saturated carbocycles. The van der Waals surface area contributed by atoms with Crippen LogP contribution in [0.3, 0.4) is 0 Å². The number of aryl methyl sites for hydroxylation is 1. The first-order chi connectivity index (χ1) is 6.36. The molecule has 14 heavy (non-hydrogen) atoms. The second-order valence-corrected chi connectivity index (χ2v) is 5.08. The van der Waals surface area contributed by atoms with E-state index < -0.39 is 10.0 Å². The Balaban J connectivity index is 3.51. The number of hydrogen-bond acceptors (Lipinski definition) is 4. The third kappa shape index (κ3) is 2.23. The van der Waals surface area contributed by atoms with Crippen LogP contribution in [0.5, 0.6) is 0 Å². The molecule has 1 heterocycles. The van der Waals surface area contributed by atoms with E-state index in [0.717, 1.165) is 0 Å². The highest BCUT2D eigenvalue weighted by Gasteiger charge is 2.16. The standard InChI is InChI=1S/C7H10BrN3O2S/c1-4-5(8)3-6(14(9,12)13)7(10-2)11-4/h3H,1-2H3,(H,10,11)(H2,9,12,13). The Hall–Kier alpha value is -0.660. The summed E-state index contributed by atoms with van der Waals surface area (Å²) in [6.07, 6.45) is 0. The quantitative estimate of drug-likeness (QED) is 0.840. The van der Waals surface area contributed by atoms with E-state index in [0.29, 0.717) is 10.2 Å². The Labute approximate surface area is 90.9 Å². The molecule has 0 fully saturated rings. The van der Waals surface area contributed by atoms with Crippen molar-refractivity contribution in [2.75, 3.05) is 12.4 Å². The number of pyridine rings is 1. The van der Waals surface area contributed by atoms with Crippen molar-refractivity contribution in [1.29, 1.82) is 0 Å². The molecule has 0 unspecified atom stereocenters. The summed E-state index contributed by atoms with van der Waals surface area (Å²) in [6.45, 7) is 1.76. The summed E-state index contributed by atoms with van der Waals surface area (Å²) < 4.78 is 22.9. The predicted molar refractivity (Wildman–Crippen MR) is 57.6 cm³/mol. The van der Waals surface area contributed by atoms with Crippen LogP contribution in [0.1, 0.15) is 5.69 Å². The van der Waals surface area contributed by atoms with Crippen molar-refractivity contribution < 1.29 is 8.42 Å².